The fraction of sp³-hybridized carbons (Fsp3) is 0.115. The van der Waals surface area contributed by atoms with E-state index < -0.39 is 5.82 Å². The lowest BCUT2D eigenvalue weighted by Crippen LogP contribution is -1.97. The van der Waals surface area contributed by atoms with Crippen molar-refractivity contribution in [1.82, 2.24) is 4.98 Å². The minimum absolute atomic E-state index is 0.0878. The molecule has 3 aromatic carbocycles. The quantitative estimate of drug-likeness (QED) is 0.287. The number of halogens is 3. The highest BCUT2D eigenvalue weighted by Gasteiger charge is 2.10. The Morgan fingerprint density at radius 1 is 0.968 bits per heavy atom. The molecule has 0 N–H and O–H groups in total. The van der Waals surface area contributed by atoms with Gasteiger partial charge < -0.3 is 4.74 Å². The lowest BCUT2D eigenvalue weighted by Gasteiger charge is -2.09. The molecule has 0 aliphatic rings. The van der Waals surface area contributed by atoms with Crippen molar-refractivity contribution in [2.75, 3.05) is 6.61 Å². The van der Waals surface area contributed by atoms with Gasteiger partial charge in [-0.05, 0) is 59.7 Å². The van der Waals surface area contributed by atoms with E-state index in [0.717, 1.165) is 22.2 Å². The van der Waals surface area contributed by atoms with Crippen LogP contribution < -0.4 is 4.74 Å². The van der Waals surface area contributed by atoms with Gasteiger partial charge in [0.05, 0.1) is 16.9 Å². The third-order valence-electron chi connectivity index (χ3n) is 5.10. The number of ether oxygens (including phenoxy) is 1. The van der Waals surface area contributed by atoms with Crippen LogP contribution in [-0.4, -0.2) is 11.6 Å². The molecule has 2 nitrogen and oxygen atoms in total. The Balaban J connectivity index is 1.54. The zero-order valence-corrected chi connectivity index (χ0v) is 17.5. The van der Waals surface area contributed by atoms with Crippen molar-refractivity contribution in [2.45, 2.75) is 12.8 Å². The number of fused-ring (bicyclic) bond motifs is 1. The molecular weight excluding hydrogens is 416 g/mol. The predicted octanol–water partition coefficient (Wildman–Crippen LogP) is 7.18. The van der Waals surface area contributed by atoms with Gasteiger partial charge in [0, 0.05) is 10.9 Å². The molecular formula is C26H20ClF2NO. The monoisotopic (exact) mass is 435 g/mol. The molecule has 31 heavy (non-hydrogen) atoms. The summed E-state index contributed by atoms with van der Waals surface area (Å²) in [6.45, 7) is 4.04. The number of aryl methyl sites for hydroxylation is 2. The van der Waals surface area contributed by atoms with Gasteiger partial charge in [-0.15, -0.1) is 0 Å². The van der Waals surface area contributed by atoms with Crippen molar-refractivity contribution in [1.29, 1.82) is 0 Å². The van der Waals surface area contributed by atoms with Gasteiger partial charge >= 0.3 is 0 Å². The van der Waals surface area contributed by atoms with Gasteiger partial charge in [-0.1, -0.05) is 54.6 Å². The van der Waals surface area contributed by atoms with Crippen LogP contribution in [0, 0.1) is 11.6 Å². The molecule has 1 aromatic heterocycles. The molecule has 0 atom stereocenters. The number of hydrogen-bond acceptors (Lipinski definition) is 2. The zero-order valence-electron chi connectivity index (χ0n) is 16.7. The van der Waals surface area contributed by atoms with Gasteiger partial charge in [0.25, 0.3) is 0 Å². The minimum atomic E-state index is -0.459. The highest BCUT2D eigenvalue weighted by molar-refractivity contribution is 6.30. The average molecular weight is 436 g/mol. The molecule has 0 unspecified atom stereocenters. The molecule has 1 heterocycles. The first kappa shape index (κ1) is 21.0. The van der Waals surface area contributed by atoms with Crippen LogP contribution in [-0.2, 0) is 12.8 Å². The first-order valence-electron chi connectivity index (χ1n) is 9.90. The van der Waals surface area contributed by atoms with E-state index in [1.165, 1.54) is 12.1 Å². The summed E-state index contributed by atoms with van der Waals surface area (Å²) in [5.74, 6) is -0.0418. The van der Waals surface area contributed by atoms with E-state index in [2.05, 4.69) is 11.6 Å². The SMILES string of the molecule is C=CCOc1ccc(-c2ccc3c(F)c(CCc4ccc(Cl)c(F)c4)ccc3c2)nc1. The number of aromatic nitrogens is 1. The molecule has 0 bridgehead atoms. The van der Waals surface area contributed by atoms with E-state index in [-0.39, 0.29) is 10.8 Å². The van der Waals surface area contributed by atoms with Crippen LogP contribution in [0.25, 0.3) is 22.0 Å². The number of pyridine rings is 1. The van der Waals surface area contributed by atoms with Crippen LogP contribution in [0.1, 0.15) is 11.1 Å². The molecule has 0 aliphatic heterocycles. The summed E-state index contributed by atoms with van der Waals surface area (Å²) < 4.78 is 34.2. The van der Waals surface area contributed by atoms with E-state index in [9.17, 15) is 4.39 Å². The third kappa shape index (κ3) is 4.75. The molecule has 5 heteroatoms. The maximum Gasteiger partial charge on any atom is 0.142 e. The normalized spacial score (nSPS) is 10.9. The van der Waals surface area contributed by atoms with Gasteiger partial charge in [-0.3, -0.25) is 4.98 Å². The Kier molecular flexibility index (Phi) is 6.28. The molecule has 0 radical (unpaired) electrons. The first-order valence-corrected chi connectivity index (χ1v) is 10.3. The molecule has 0 saturated carbocycles. The summed E-state index contributed by atoms with van der Waals surface area (Å²) in [5, 5.41) is 1.43. The van der Waals surface area contributed by atoms with Crippen LogP contribution in [0.5, 0.6) is 5.75 Å². The van der Waals surface area contributed by atoms with Crippen molar-refractivity contribution >= 4 is 22.4 Å². The Bertz CT molecular complexity index is 1240. The van der Waals surface area contributed by atoms with Crippen LogP contribution in [0.4, 0.5) is 8.78 Å². The van der Waals surface area contributed by atoms with Gasteiger partial charge in [0.2, 0.25) is 0 Å². The average Bonchev–Trinajstić information content (AvgIpc) is 2.79. The lowest BCUT2D eigenvalue weighted by molar-refractivity contribution is 0.362. The van der Waals surface area contributed by atoms with Gasteiger partial charge in [-0.2, -0.15) is 0 Å². The van der Waals surface area contributed by atoms with E-state index in [1.54, 1.807) is 30.5 Å². The predicted molar refractivity (Wildman–Crippen MR) is 122 cm³/mol. The van der Waals surface area contributed by atoms with Gasteiger partial charge in [0.1, 0.15) is 24.0 Å². The first-order chi connectivity index (χ1) is 15.0. The molecule has 0 spiro atoms. The number of rotatable bonds is 7. The van der Waals surface area contributed by atoms with E-state index >= 15 is 4.39 Å². The van der Waals surface area contributed by atoms with Crippen molar-refractivity contribution in [3.63, 3.8) is 0 Å². The third-order valence-corrected chi connectivity index (χ3v) is 5.41. The fourth-order valence-electron chi connectivity index (χ4n) is 3.46. The van der Waals surface area contributed by atoms with Crippen molar-refractivity contribution < 1.29 is 13.5 Å². The van der Waals surface area contributed by atoms with Crippen LogP contribution in [0.2, 0.25) is 5.02 Å². The van der Waals surface area contributed by atoms with Gasteiger partial charge in [-0.25, -0.2) is 8.78 Å². The summed E-state index contributed by atoms with van der Waals surface area (Å²) in [4.78, 5) is 4.43. The molecule has 4 aromatic rings. The van der Waals surface area contributed by atoms with Crippen molar-refractivity contribution in [3.05, 3.63) is 107 Å². The van der Waals surface area contributed by atoms with Crippen LogP contribution in [0.3, 0.4) is 0 Å². The second-order valence-corrected chi connectivity index (χ2v) is 7.61. The van der Waals surface area contributed by atoms with Crippen molar-refractivity contribution in [3.8, 4) is 17.0 Å². The Hall–Kier alpha value is -3.24. The van der Waals surface area contributed by atoms with Crippen LogP contribution >= 0.6 is 11.6 Å². The maximum absolute atomic E-state index is 15.1. The molecule has 156 valence electrons. The summed E-state index contributed by atoms with van der Waals surface area (Å²) in [6, 6.07) is 17.6. The Labute approximate surface area is 184 Å². The molecule has 0 saturated heterocycles. The number of nitrogens with zero attached hydrogens (tertiary/aromatic N) is 1. The van der Waals surface area contributed by atoms with Gasteiger partial charge in [0.15, 0.2) is 0 Å². The fourth-order valence-corrected chi connectivity index (χ4v) is 3.57. The standard InChI is InChI=1S/C26H20ClF2NO/c1-2-13-31-21-9-12-25(30-16-21)20-8-10-22-19(15-20)7-6-18(26(22)29)5-3-17-4-11-23(27)24(28)14-17/h2,4,6-12,14-16H,1,3,5,13H2. The zero-order chi connectivity index (χ0) is 21.8. The van der Waals surface area contributed by atoms with E-state index in [4.69, 9.17) is 16.3 Å². The van der Waals surface area contributed by atoms with E-state index in [0.29, 0.717) is 36.1 Å². The second kappa shape index (κ2) is 9.27. The highest BCUT2D eigenvalue weighted by Crippen LogP contribution is 2.28. The minimum Gasteiger partial charge on any atom is -0.488 e. The molecule has 0 fully saturated rings. The summed E-state index contributed by atoms with van der Waals surface area (Å²) >= 11 is 5.72. The largest absolute Gasteiger partial charge is 0.488 e. The van der Waals surface area contributed by atoms with Crippen LogP contribution in [0.15, 0.2) is 79.5 Å². The Morgan fingerprint density at radius 2 is 1.84 bits per heavy atom. The topological polar surface area (TPSA) is 22.1 Å². The van der Waals surface area contributed by atoms with Crippen molar-refractivity contribution in [2.24, 2.45) is 0 Å². The summed E-state index contributed by atoms with van der Waals surface area (Å²) in [7, 11) is 0. The number of hydrogen-bond donors (Lipinski definition) is 0. The molecule has 0 aliphatic carbocycles. The maximum atomic E-state index is 15.1. The molecule has 4 rings (SSSR count). The molecule has 0 amide bonds. The summed E-state index contributed by atoms with van der Waals surface area (Å²) in [5.41, 5.74) is 3.05. The van der Waals surface area contributed by atoms with E-state index in [1.807, 2.05) is 30.3 Å². The lowest BCUT2D eigenvalue weighted by atomic mass is 9.98. The number of benzene rings is 3. The second-order valence-electron chi connectivity index (χ2n) is 7.20. The summed E-state index contributed by atoms with van der Waals surface area (Å²) in [6.07, 6.45) is 4.33. The Morgan fingerprint density at radius 3 is 2.58 bits per heavy atom. The highest BCUT2D eigenvalue weighted by atomic mass is 35.5. The smallest absolute Gasteiger partial charge is 0.142 e.